The Morgan fingerprint density at radius 1 is 1.16 bits per heavy atom. The van der Waals surface area contributed by atoms with E-state index < -0.39 is 11.5 Å². The third-order valence-corrected chi connectivity index (χ3v) is 3.40. The van der Waals surface area contributed by atoms with Gasteiger partial charge in [0.25, 0.3) is 0 Å². The first-order valence-corrected chi connectivity index (χ1v) is 6.16. The molecule has 0 spiro atoms. The molecule has 0 amide bonds. The second-order valence-corrected chi connectivity index (χ2v) is 5.14. The molecule has 0 aliphatic carbocycles. The Kier molecular flexibility index (Phi) is 3.46. The normalized spacial score (nSPS) is 13.0. The largest absolute Gasteiger partial charge is 0.496 e. The highest BCUT2D eigenvalue weighted by Crippen LogP contribution is 2.38. The predicted octanol–water partition coefficient (Wildman–Crippen LogP) is 3.43. The maximum atomic E-state index is 10.4. The number of hydrogen-bond acceptors (Lipinski definition) is 3. The number of hydrogen-bond donors (Lipinski definition) is 1. The molecule has 1 atom stereocenters. The lowest BCUT2D eigenvalue weighted by Gasteiger charge is -2.25. The molecular formula is C16H17NO2. The van der Waals surface area contributed by atoms with E-state index in [2.05, 4.69) is 6.07 Å². The van der Waals surface area contributed by atoms with Crippen molar-refractivity contribution in [1.29, 1.82) is 5.26 Å². The van der Waals surface area contributed by atoms with Crippen LogP contribution in [0.15, 0.2) is 36.4 Å². The highest BCUT2D eigenvalue weighted by Gasteiger charge is 2.30. The Balaban J connectivity index is 2.67. The molecule has 2 aromatic rings. The average molecular weight is 255 g/mol. The second-order valence-electron chi connectivity index (χ2n) is 5.14. The molecule has 0 heterocycles. The minimum absolute atomic E-state index is 0.753. The third-order valence-electron chi connectivity index (χ3n) is 3.40. The van der Waals surface area contributed by atoms with Crippen LogP contribution < -0.4 is 4.74 Å². The van der Waals surface area contributed by atoms with Crippen molar-refractivity contribution in [3.05, 3.63) is 42.0 Å². The third kappa shape index (κ3) is 2.27. The van der Waals surface area contributed by atoms with E-state index in [0.717, 1.165) is 22.1 Å². The summed E-state index contributed by atoms with van der Waals surface area (Å²) in [5, 5.41) is 21.5. The van der Waals surface area contributed by atoms with Crippen LogP contribution in [-0.2, 0) is 0 Å². The van der Waals surface area contributed by atoms with Gasteiger partial charge in [0.1, 0.15) is 5.75 Å². The lowest BCUT2D eigenvalue weighted by molar-refractivity contribution is 0.0881. The summed E-state index contributed by atoms with van der Waals surface area (Å²) in [5.74, 6) is 0.765. The highest BCUT2D eigenvalue weighted by atomic mass is 16.5. The SMILES string of the molecule is COc1ccc(C(O)C(C)(C)C#N)c2ccccc12. The zero-order valence-electron chi connectivity index (χ0n) is 11.3. The summed E-state index contributed by atoms with van der Waals surface area (Å²) in [7, 11) is 1.62. The first kappa shape index (κ1) is 13.4. The number of methoxy groups -OCH3 is 1. The Morgan fingerprint density at radius 3 is 2.37 bits per heavy atom. The van der Waals surface area contributed by atoms with Crippen molar-refractivity contribution in [3.8, 4) is 11.8 Å². The smallest absolute Gasteiger partial charge is 0.126 e. The van der Waals surface area contributed by atoms with Crippen LogP contribution in [0.5, 0.6) is 5.75 Å². The van der Waals surface area contributed by atoms with Gasteiger partial charge in [-0.15, -0.1) is 0 Å². The van der Waals surface area contributed by atoms with E-state index in [9.17, 15) is 5.11 Å². The number of fused-ring (bicyclic) bond motifs is 1. The number of nitriles is 1. The van der Waals surface area contributed by atoms with E-state index in [1.165, 1.54) is 0 Å². The second kappa shape index (κ2) is 4.91. The molecule has 0 aliphatic rings. The first-order chi connectivity index (χ1) is 9.01. The van der Waals surface area contributed by atoms with E-state index in [1.54, 1.807) is 21.0 Å². The van der Waals surface area contributed by atoms with Crippen LogP contribution in [0.1, 0.15) is 25.5 Å². The van der Waals surface area contributed by atoms with Gasteiger partial charge in [-0.2, -0.15) is 5.26 Å². The van der Waals surface area contributed by atoms with Gasteiger partial charge < -0.3 is 9.84 Å². The molecule has 0 aliphatic heterocycles. The molecule has 0 saturated carbocycles. The number of benzene rings is 2. The summed E-state index contributed by atoms with van der Waals surface area (Å²) in [6, 6.07) is 13.5. The first-order valence-electron chi connectivity index (χ1n) is 6.16. The molecule has 0 aromatic heterocycles. The van der Waals surface area contributed by atoms with E-state index in [-0.39, 0.29) is 0 Å². The molecule has 3 nitrogen and oxygen atoms in total. The zero-order valence-corrected chi connectivity index (χ0v) is 11.3. The minimum Gasteiger partial charge on any atom is -0.496 e. The molecule has 1 unspecified atom stereocenters. The fourth-order valence-electron chi connectivity index (χ4n) is 2.16. The fraction of sp³-hybridized carbons (Fsp3) is 0.312. The molecule has 2 rings (SSSR count). The Bertz CT molecular complexity index is 641. The van der Waals surface area contributed by atoms with Crippen LogP contribution in [0.4, 0.5) is 0 Å². The minimum atomic E-state index is -0.840. The van der Waals surface area contributed by atoms with Crippen molar-refractivity contribution in [3.63, 3.8) is 0 Å². The number of ether oxygens (including phenoxy) is 1. The lowest BCUT2D eigenvalue weighted by atomic mass is 9.82. The Labute approximate surface area is 113 Å². The van der Waals surface area contributed by atoms with Crippen molar-refractivity contribution in [1.82, 2.24) is 0 Å². The maximum Gasteiger partial charge on any atom is 0.126 e. The summed E-state index contributed by atoms with van der Waals surface area (Å²) in [6.07, 6.45) is -0.840. The van der Waals surface area contributed by atoms with Crippen LogP contribution in [0.25, 0.3) is 10.8 Å². The number of rotatable bonds is 3. The molecular weight excluding hydrogens is 238 g/mol. The standard InChI is InChI=1S/C16H17NO2/c1-16(2,10-17)15(18)13-8-9-14(19-3)12-7-5-4-6-11(12)13/h4-9,15,18H,1-3H3. The Morgan fingerprint density at radius 2 is 1.79 bits per heavy atom. The summed E-state index contributed by atoms with van der Waals surface area (Å²) in [6.45, 7) is 3.47. The summed E-state index contributed by atoms with van der Waals surface area (Å²) in [4.78, 5) is 0. The molecule has 1 N–H and O–H groups in total. The van der Waals surface area contributed by atoms with Gasteiger partial charge in [-0.25, -0.2) is 0 Å². The van der Waals surface area contributed by atoms with Crippen LogP contribution in [-0.4, -0.2) is 12.2 Å². The highest BCUT2D eigenvalue weighted by molar-refractivity contribution is 5.91. The monoisotopic (exact) mass is 255 g/mol. The van der Waals surface area contributed by atoms with E-state index in [0.29, 0.717) is 0 Å². The molecule has 0 fully saturated rings. The van der Waals surface area contributed by atoms with Crippen molar-refractivity contribution >= 4 is 10.8 Å². The van der Waals surface area contributed by atoms with Gasteiger partial charge in [0.15, 0.2) is 0 Å². The summed E-state index contributed by atoms with van der Waals surface area (Å²) in [5.41, 5.74) is -0.0832. The van der Waals surface area contributed by atoms with Crippen molar-refractivity contribution < 1.29 is 9.84 Å². The molecule has 98 valence electrons. The van der Waals surface area contributed by atoms with Gasteiger partial charge in [-0.05, 0) is 30.9 Å². The molecule has 2 aromatic carbocycles. The molecule has 0 radical (unpaired) electrons. The van der Waals surface area contributed by atoms with Crippen LogP contribution in [0, 0.1) is 16.7 Å². The molecule has 3 heteroatoms. The van der Waals surface area contributed by atoms with E-state index in [4.69, 9.17) is 10.00 Å². The number of nitrogens with zero attached hydrogens (tertiary/aromatic N) is 1. The van der Waals surface area contributed by atoms with Gasteiger partial charge in [-0.3, -0.25) is 0 Å². The molecule has 0 bridgehead atoms. The van der Waals surface area contributed by atoms with Crippen LogP contribution >= 0.6 is 0 Å². The number of aliphatic hydroxyl groups excluding tert-OH is 1. The van der Waals surface area contributed by atoms with E-state index >= 15 is 0 Å². The maximum absolute atomic E-state index is 10.4. The fourth-order valence-corrected chi connectivity index (χ4v) is 2.16. The lowest BCUT2D eigenvalue weighted by Crippen LogP contribution is -2.20. The number of aliphatic hydroxyl groups is 1. The van der Waals surface area contributed by atoms with Gasteiger partial charge in [0.2, 0.25) is 0 Å². The van der Waals surface area contributed by atoms with Crippen molar-refractivity contribution in [2.24, 2.45) is 5.41 Å². The summed E-state index contributed by atoms with van der Waals surface area (Å²) < 4.78 is 5.33. The predicted molar refractivity (Wildman–Crippen MR) is 74.9 cm³/mol. The van der Waals surface area contributed by atoms with Gasteiger partial charge in [-0.1, -0.05) is 30.3 Å². The summed E-state index contributed by atoms with van der Waals surface area (Å²) >= 11 is 0. The topological polar surface area (TPSA) is 53.2 Å². The van der Waals surface area contributed by atoms with E-state index in [1.807, 2.05) is 36.4 Å². The van der Waals surface area contributed by atoms with Crippen LogP contribution in [0.2, 0.25) is 0 Å². The molecule has 0 saturated heterocycles. The average Bonchev–Trinajstić information content (AvgIpc) is 2.45. The Hall–Kier alpha value is -2.05. The van der Waals surface area contributed by atoms with Gasteiger partial charge in [0.05, 0.1) is 24.7 Å². The quantitative estimate of drug-likeness (QED) is 0.914. The van der Waals surface area contributed by atoms with Crippen LogP contribution in [0.3, 0.4) is 0 Å². The van der Waals surface area contributed by atoms with Crippen molar-refractivity contribution in [2.75, 3.05) is 7.11 Å². The van der Waals surface area contributed by atoms with Crippen molar-refractivity contribution in [2.45, 2.75) is 20.0 Å². The van der Waals surface area contributed by atoms with Gasteiger partial charge >= 0.3 is 0 Å². The van der Waals surface area contributed by atoms with Gasteiger partial charge in [0, 0.05) is 5.39 Å². The molecule has 19 heavy (non-hydrogen) atoms. The zero-order chi connectivity index (χ0) is 14.0.